The second kappa shape index (κ2) is 9.60. The zero-order valence-electron chi connectivity index (χ0n) is 17.3. The van der Waals surface area contributed by atoms with Crippen LogP contribution in [0.4, 0.5) is 11.4 Å². The molecule has 6 heteroatoms. The van der Waals surface area contributed by atoms with E-state index in [2.05, 4.69) is 29.4 Å². The molecule has 0 aliphatic rings. The van der Waals surface area contributed by atoms with Gasteiger partial charge in [-0.2, -0.15) is 0 Å². The van der Waals surface area contributed by atoms with Crippen molar-refractivity contribution in [2.45, 2.75) is 19.9 Å². The van der Waals surface area contributed by atoms with Crippen molar-refractivity contribution in [1.82, 2.24) is 5.32 Å². The van der Waals surface area contributed by atoms with Gasteiger partial charge < -0.3 is 20.0 Å². The number of carbonyl (C=O) groups is 2. The van der Waals surface area contributed by atoms with Crippen molar-refractivity contribution >= 4 is 29.3 Å². The molecule has 154 valence electrons. The minimum atomic E-state index is -0.444. The zero-order chi connectivity index (χ0) is 21.5. The van der Waals surface area contributed by atoms with Gasteiger partial charge in [0, 0.05) is 36.1 Å². The number of benzene rings is 2. The maximum atomic E-state index is 13.0. The van der Waals surface area contributed by atoms with Crippen molar-refractivity contribution < 1.29 is 14.0 Å². The topological polar surface area (TPSA) is 74.6 Å². The molecule has 0 aliphatic carbocycles. The highest BCUT2D eigenvalue weighted by atomic mass is 16.3. The van der Waals surface area contributed by atoms with Gasteiger partial charge in [-0.05, 0) is 56.3 Å². The summed E-state index contributed by atoms with van der Waals surface area (Å²) >= 11 is 0. The number of amides is 2. The molecule has 2 N–H and O–H groups in total. The number of nitrogens with zero attached hydrogens (tertiary/aromatic N) is 1. The first-order chi connectivity index (χ1) is 14.4. The van der Waals surface area contributed by atoms with Crippen LogP contribution in [0, 0.1) is 0 Å². The maximum Gasteiger partial charge on any atom is 0.272 e. The van der Waals surface area contributed by atoms with E-state index < -0.39 is 5.91 Å². The highest BCUT2D eigenvalue weighted by Crippen LogP contribution is 2.20. The van der Waals surface area contributed by atoms with Gasteiger partial charge in [-0.3, -0.25) is 9.59 Å². The van der Waals surface area contributed by atoms with Crippen molar-refractivity contribution in [3.63, 3.8) is 0 Å². The molecule has 0 atom stereocenters. The van der Waals surface area contributed by atoms with E-state index in [0.717, 1.165) is 5.69 Å². The fraction of sp³-hybridized carbons (Fsp3) is 0.167. The number of furan rings is 1. The second-order valence-corrected chi connectivity index (χ2v) is 7.10. The summed E-state index contributed by atoms with van der Waals surface area (Å²) in [5.41, 5.74) is 2.15. The lowest BCUT2D eigenvalue weighted by atomic mass is 10.2. The van der Waals surface area contributed by atoms with Gasteiger partial charge in [0.1, 0.15) is 11.5 Å². The fourth-order valence-corrected chi connectivity index (χ4v) is 2.76. The quantitative estimate of drug-likeness (QED) is 0.568. The predicted octanol–water partition coefficient (Wildman–Crippen LogP) is 4.53. The first kappa shape index (κ1) is 20.9. The summed E-state index contributed by atoms with van der Waals surface area (Å²) in [7, 11) is 1.99. The van der Waals surface area contributed by atoms with E-state index in [1.807, 2.05) is 31.3 Å². The number of anilines is 2. The van der Waals surface area contributed by atoms with Gasteiger partial charge in [0.15, 0.2) is 0 Å². The maximum absolute atomic E-state index is 13.0. The highest BCUT2D eigenvalue weighted by Gasteiger charge is 2.16. The number of hydrogen-bond acceptors (Lipinski definition) is 4. The van der Waals surface area contributed by atoms with E-state index in [0.29, 0.717) is 23.1 Å². The Kier molecular flexibility index (Phi) is 6.70. The zero-order valence-corrected chi connectivity index (χ0v) is 17.3. The number of hydrogen-bond donors (Lipinski definition) is 2. The molecular formula is C24H25N3O3. The Bertz CT molecular complexity index is 1020. The number of carbonyl (C=O) groups excluding carboxylic acids is 2. The molecule has 0 unspecified atom stereocenters. The molecule has 1 heterocycles. The van der Waals surface area contributed by atoms with Gasteiger partial charge in [-0.1, -0.05) is 24.3 Å². The van der Waals surface area contributed by atoms with Gasteiger partial charge in [-0.25, -0.2) is 0 Å². The summed E-state index contributed by atoms with van der Waals surface area (Å²) in [4.78, 5) is 27.7. The second-order valence-electron chi connectivity index (χ2n) is 7.10. The first-order valence-electron chi connectivity index (χ1n) is 9.70. The van der Waals surface area contributed by atoms with Crippen molar-refractivity contribution in [3.05, 3.63) is 90.0 Å². The Morgan fingerprint density at radius 1 is 1.00 bits per heavy atom. The summed E-state index contributed by atoms with van der Waals surface area (Å²) in [6.07, 6.45) is 3.01. The van der Waals surface area contributed by atoms with Gasteiger partial charge in [0.05, 0.1) is 6.26 Å². The minimum Gasteiger partial charge on any atom is -0.465 e. The molecule has 3 rings (SSSR count). The third-order valence-corrected chi connectivity index (χ3v) is 4.64. The SMILES string of the molecule is CC(C)N(C)c1cccc(NC(=O)/C(=C/c2ccco2)NC(=O)c2ccccc2)c1. The smallest absolute Gasteiger partial charge is 0.272 e. The fourth-order valence-electron chi connectivity index (χ4n) is 2.76. The first-order valence-corrected chi connectivity index (χ1v) is 9.70. The monoisotopic (exact) mass is 403 g/mol. The van der Waals surface area contributed by atoms with E-state index >= 15 is 0 Å². The Labute approximate surface area is 176 Å². The molecule has 6 nitrogen and oxygen atoms in total. The van der Waals surface area contributed by atoms with Crippen LogP contribution in [0.3, 0.4) is 0 Å². The van der Waals surface area contributed by atoms with Gasteiger partial charge in [0.25, 0.3) is 11.8 Å². The van der Waals surface area contributed by atoms with E-state index in [4.69, 9.17) is 4.42 Å². The normalized spacial score (nSPS) is 11.3. The third-order valence-electron chi connectivity index (χ3n) is 4.64. The highest BCUT2D eigenvalue weighted by molar-refractivity contribution is 6.10. The third kappa shape index (κ3) is 5.38. The molecule has 0 bridgehead atoms. The minimum absolute atomic E-state index is 0.0846. The Morgan fingerprint density at radius 2 is 1.77 bits per heavy atom. The van der Waals surface area contributed by atoms with Gasteiger partial charge in [0.2, 0.25) is 0 Å². The Balaban J connectivity index is 1.82. The van der Waals surface area contributed by atoms with Crippen LogP contribution in [-0.4, -0.2) is 24.9 Å². The van der Waals surface area contributed by atoms with Crippen LogP contribution in [0.2, 0.25) is 0 Å². The summed E-state index contributed by atoms with van der Waals surface area (Å²) < 4.78 is 5.31. The molecule has 2 amide bonds. The van der Waals surface area contributed by atoms with Crippen LogP contribution in [0.25, 0.3) is 6.08 Å². The molecule has 0 saturated carbocycles. The van der Waals surface area contributed by atoms with E-state index in [1.165, 1.54) is 12.3 Å². The Morgan fingerprint density at radius 3 is 2.43 bits per heavy atom. The molecule has 0 saturated heterocycles. The lowest BCUT2D eigenvalue weighted by Crippen LogP contribution is -2.31. The van der Waals surface area contributed by atoms with Crippen molar-refractivity contribution in [2.75, 3.05) is 17.3 Å². The largest absolute Gasteiger partial charge is 0.465 e. The standard InChI is InChI=1S/C24H25N3O3/c1-17(2)27(3)20-12-7-11-19(15-20)25-24(29)22(16-21-13-8-14-30-21)26-23(28)18-9-5-4-6-10-18/h4-17H,1-3H3,(H,25,29)(H,26,28)/b22-16-. The van der Waals surface area contributed by atoms with Crippen molar-refractivity contribution in [2.24, 2.45) is 0 Å². The Hall–Kier alpha value is -3.80. The predicted molar refractivity (Wildman–Crippen MR) is 119 cm³/mol. The van der Waals surface area contributed by atoms with E-state index in [-0.39, 0.29) is 11.6 Å². The summed E-state index contributed by atoms with van der Waals surface area (Å²) in [5, 5.41) is 5.54. The van der Waals surface area contributed by atoms with Crippen LogP contribution in [0.1, 0.15) is 30.0 Å². The molecule has 0 fully saturated rings. The lowest BCUT2D eigenvalue weighted by Gasteiger charge is -2.24. The van der Waals surface area contributed by atoms with E-state index in [1.54, 1.807) is 42.5 Å². The molecule has 3 aromatic rings. The molecule has 0 spiro atoms. The van der Waals surface area contributed by atoms with Crippen LogP contribution in [0.15, 0.2) is 83.1 Å². The van der Waals surface area contributed by atoms with Gasteiger partial charge >= 0.3 is 0 Å². The van der Waals surface area contributed by atoms with Crippen LogP contribution < -0.4 is 15.5 Å². The average molecular weight is 403 g/mol. The molecule has 0 aliphatic heterocycles. The number of nitrogens with one attached hydrogen (secondary N) is 2. The lowest BCUT2D eigenvalue weighted by molar-refractivity contribution is -0.113. The summed E-state index contributed by atoms with van der Waals surface area (Å²) in [6, 6.07) is 20.0. The average Bonchev–Trinajstić information content (AvgIpc) is 3.26. The molecule has 0 radical (unpaired) electrons. The van der Waals surface area contributed by atoms with Crippen LogP contribution in [-0.2, 0) is 4.79 Å². The molecule has 2 aromatic carbocycles. The van der Waals surface area contributed by atoms with Gasteiger partial charge in [-0.15, -0.1) is 0 Å². The van der Waals surface area contributed by atoms with E-state index in [9.17, 15) is 9.59 Å². The molecular weight excluding hydrogens is 378 g/mol. The van der Waals surface area contributed by atoms with Crippen LogP contribution in [0.5, 0.6) is 0 Å². The summed E-state index contributed by atoms with van der Waals surface area (Å²) in [6.45, 7) is 4.18. The molecule has 1 aromatic heterocycles. The molecule has 30 heavy (non-hydrogen) atoms. The summed E-state index contributed by atoms with van der Waals surface area (Å²) in [5.74, 6) is -0.362. The van der Waals surface area contributed by atoms with Crippen molar-refractivity contribution in [3.8, 4) is 0 Å². The van der Waals surface area contributed by atoms with Crippen molar-refractivity contribution in [1.29, 1.82) is 0 Å². The van der Waals surface area contributed by atoms with Crippen LogP contribution >= 0.6 is 0 Å². The number of rotatable bonds is 7.